The van der Waals surface area contributed by atoms with Crippen LogP contribution in [-0.2, 0) is 14.3 Å². The number of amides is 1. The molecule has 1 aromatic rings. The number of fused-ring (bicyclic) bond motifs is 3. The molecule has 1 saturated heterocycles. The van der Waals surface area contributed by atoms with E-state index in [-0.39, 0.29) is 35.4 Å². The molecule has 0 bridgehead atoms. The van der Waals surface area contributed by atoms with Gasteiger partial charge in [-0.25, -0.2) is 0 Å². The predicted octanol–water partition coefficient (Wildman–Crippen LogP) is 2.46. The zero-order valence-corrected chi connectivity index (χ0v) is 16.1. The van der Waals surface area contributed by atoms with Crippen molar-refractivity contribution in [3.63, 3.8) is 0 Å². The number of ketones is 1. The smallest absolute Gasteiger partial charge is 0.308 e. The molecule has 5 rings (SSSR count). The van der Waals surface area contributed by atoms with Gasteiger partial charge in [0.1, 0.15) is 11.4 Å². The van der Waals surface area contributed by atoms with E-state index in [4.69, 9.17) is 9.47 Å². The third kappa shape index (κ3) is 2.57. The Hall–Kier alpha value is -2.37. The summed E-state index contributed by atoms with van der Waals surface area (Å²) in [5.41, 5.74) is 0.144. The average Bonchev–Trinajstić information content (AvgIpc) is 3.37. The van der Waals surface area contributed by atoms with Gasteiger partial charge in [0.25, 0.3) is 0 Å². The number of hydrogen-bond donors (Lipinski definition) is 0. The van der Waals surface area contributed by atoms with Gasteiger partial charge in [0.2, 0.25) is 5.91 Å². The van der Waals surface area contributed by atoms with Crippen LogP contribution in [0.15, 0.2) is 24.3 Å². The minimum atomic E-state index is -0.513. The normalized spacial score (nSPS) is 33.8. The largest absolute Gasteiger partial charge is 0.486 e. The van der Waals surface area contributed by atoms with Crippen molar-refractivity contribution >= 4 is 17.7 Å². The van der Waals surface area contributed by atoms with Crippen molar-refractivity contribution in [2.24, 2.45) is 23.7 Å². The highest BCUT2D eigenvalue weighted by molar-refractivity contribution is 6.00. The SMILES string of the molecule is COC(=O)C1CCN(C(=O)C2C3CCC4(CC(=O)c5ccccc5O4)C32)CC1. The summed E-state index contributed by atoms with van der Waals surface area (Å²) < 4.78 is 11.2. The Kier molecular flexibility index (Phi) is 4.00. The van der Waals surface area contributed by atoms with Crippen LogP contribution in [-0.4, -0.2) is 48.4 Å². The Bertz CT molecular complexity index is 843. The molecule has 4 atom stereocenters. The van der Waals surface area contributed by atoms with Gasteiger partial charge in [-0.3, -0.25) is 14.4 Å². The van der Waals surface area contributed by atoms with Gasteiger partial charge in [-0.05, 0) is 43.7 Å². The second kappa shape index (κ2) is 6.33. The van der Waals surface area contributed by atoms with Gasteiger partial charge < -0.3 is 14.4 Å². The number of para-hydroxylation sites is 1. The maximum Gasteiger partial charge on any atom is 0.308 e. The summed E-state index contributed by atoms with van der Waals surface area (Å²) in [5.74, 6) is 1.10. The van der Waals surface area contributed by atoms with Crippen LogP contribution in [0.2, 0.25) is 0 Å². The molecule has 0 radical (unpaired) electrons. The lowest BCUT2D eigenvalue weighted by Crippen LogP contribution is -2.46. The van der Waals surface area contributed by atoms with Crippen molar-refractivity contribution < 1.29 is 23.9 Å². The number of nitrogens with zero attached hydrogens (tertiary/aromatic N) is 1. The summed E-state index contributed by atoms with van der Waals surface area (Å²) in [6.45, 7) is 1.20. The second-order valence-electron chi connectivity index (χ2n) is 8.64. The first-order chi connectivity index (χ1) is 13.5. The Morgan fingerprint density at radius 3 is 2.68 bits per heavy atom. The van der Waals surface area contributed by atoms with Crippen LogP contribution in [0.4, 0.5) is 0 Å². The van der Waals surface area contributed by atoms with E-state index < -0.39 is 5.60 Å². The van der Waals surface area contributed by atoms with Gasteiger partial charge >= 0.3 is 5.97 Å². The Morgan fingerprint density at radius 2 is 1.93 bits per heavy atom. The average molecular weight is 383 g/mol. The highest BCUT2D eigenvalue weighted by Crippen LogP contribution is 2.66. The number of esters is 1. The van der Waals surface area contributed by atoms with Crippen LogP contribution in [0.25, 0.3) is 0 Å². The van der Waals surface area contributed by atoms with E-state index in [1.165, 1.54) is 7.11 Å². The molecule has 0 N–H and O–H groups in total. The van der Waals surface area contributed by atoms with E-state index >= 15 is 0 Å². The molecule has 28 heavy (non-hydrogen) atoms. The van der Waals surface area contributed by atoms with E-state index in [0.29, 0.717) is 49.6 Å². The lowest BCUT2D eigenvalue weighted by atomic mass is 9.84. The van der Waals surface area contributed by atoms with E-state index in [1.54, 1.807) is 0 Å². The molecular formula is C22H25NO5. The molecule has 2 saturated carbocycles. The fourth-order valence-electron chi connectivity index (χ4n) is 5.81. The number of carbonyl (C=O) groups excluding carboxylic acids is 3. The molecule has 2 aliphatic carbocycles. The lowest BCUT2D eigenvalue weighted by Gasteiger charge is -2.38. The summed E-state index contributed by atoms with van der Waals surface area (Å²) >= 11 is 0. The van der Waals surface area contributed by atoms with Crippen LogP contribution in [0.3, 0.4) is 0 Å². The fourth-order valence-corrected chi connectivity index (χ4v) is 5.81. The molecule has 4 unspecified atom stereocenters. The van der Waals surface area contributed by atoms with Crippen molar-refractivity contribution in [2.75, 3.05) is 20.2 Å². The summed E-state index contributed by atoms with van der Waals surface area (Å²) in [6, 6.07) is 7.42. The molecule has 2 aliphatic heterocycles. The van der Waals surface area contributed by atoms with E-state index in [2.05, 4.69) is 0 Å². The van der Waals surface area contributed by atoms with Crippen LogP contribution >= 0.6 is 0 Å². The zero-order chi connectivity index (χ0) is 19.5. The van der Waals surface area contributed by atoms with Crippen molar-refractivity contribution in [3.8, 4) is 5.75 Å². The van der Waals surface area contributed by atoms with E-state index in [0.717, 1.165) is 12.8 Å². The molecule has 4 aliphatic rings. The quantitative estimate of drug-likeness (QED) is 0.734. The number of likely N-dealkylation sites (tertiary alicyclic amines) is 1. The Labute approximate surface area is 164 Å². The molecule has 1 spiro atoms. The maximum absolute atomic E-state index is 13.1. The lowest BCUT2D eigenvalue weighted by molar-refractivity contribution is -0.149. The van der Waals surface area contributed by atoms with Gasteiger partial charge in [-0.1, -0.05) is 12.1 Å². The summed E-state index contributed by atoms with van der Waals surface area (Å²) in [4.78, 5) is 39.4. The monoisotopic (exact) mass is 383 g/mol. The summed E-state index contributed by atoms with van der Waals surface area (Å²) in [7, 11) is 1.41. The summed E-state index contributed by atoms with van der Waals surface area (Å²) in [6.07, 6.45) is 3.48. The molecule has 6 heteroatoms. The Balaban J connectivity index is 1.29. The number of Topliss-reactive ketones (excluding diaryl/α,β-unsaturated/α-hetero) is 1. The highest BCUT2D eigenvalue weighted by Gasteiger charge is 2.71. The third-order valence-corrected chi connectivity index (χ3v) is 7.26. The van der Waals surface area contributed by atoms with E-state index in [1.807, 2.05) is 29.2 Å². The maximum atomic E-state index is 13.1. The van der Waals surface area contributed by atoms with Crippen molar-refractivity contribution in [2.45, 2.75) is 37.7 Å². The molecule has 1 aromatic carbocycles. The van der Waals surface area contributed by atoms with Gasteiger partial charge in [0.05, 0.1) is 25.0 Å². The number of methoxy groups -OCH3 is 1. The van der Waals surface area contributed by atoms with Crippen LogP contribution in [0.5, 0.6) is 5.75 Å². The van der Waals surface area contributed by atoms with Crippen molar-refractivity contribution in [3.05, 3.63) is 29.8 Å². The van der Waals surface area contributed by atoms with Crippen LogP contribution in [0, 0.1) is 23.7 Å². The minimum Gasteiger partial charge on any atom is -0.486 e. The van der Waals surface area contributed by atoms with Gasteiger partial charge in [-0.15, -0.1) is 0 Å². The topological polar surface area (TPSA) is 72.9 Å². The number of ether oxygens (including phenoxy) is 2. The molecule has 0 aromatic heterocycles. The van der Waals surface area contributed by atoms with Gasteiger partial charge in [-0.2, -0.15) is 0 Å². The van der Waals surface area contributed by atoms with Crippen LogP contribution < -0.4 is 4.74 Å². The van der Waals surface area contributed by atoms with E-state index in [9.17, 15) is 14.4 Å². The first-order valence-corrected chi connectivity index (χ1v) is 10.2. The minimum absolute atomic E-state index is 0.0403. The predicted molar refractivity (Wildman–Crippen MR) is 99.8 cm³/mol. The summed E-state index contributed by atoms with van der Waals surface area (Å²) in [5, 5.41) is 0. The molecule has 3 fully saturated rings. The first-order valence-electron chi connectivity index (χ1n) is 10.2. The fraction of sp³-hybridized carbons (Fsp3) is 0.591. The molecule has 2 heterocycles. The van der Waals surface area contributed by atoms with Crippen LogP contribution in [0.1, 0.15) is 42.5 Å². The van der Waals surface area contributed by atoms with Crippen molar-refractivity contribution in [1.82, 2.24) is 4.90 Å². The standard InChI is InChI=1S/C22H25NO5/c1-27-21(26)13-7-10-23(11-8-13)20(25)18-15-6-9-22(19(15)18)12-16(24)14-4-2-3-5-17(14)28-22/h2-5,13,15,18-19H,6-12H2,1H3. The number of benzene rings is 1. The zero-order valence-electron chi connectivity index (χ0n) is 16.1. The second-order valence-corrected chi connectivity index (χ2v) is 8.64. The molecular weight excluding hydrogens is 358 g/mol. The Morgan fingerprint density at radius 1 is 1.18 bits per heavy atom. The number of piperidine rings is 1. The number of rotatable bonds is 2. The number of carbonyl (C=O) groups is 3. The molecule has 1 amide bonds. The number of hydrogen-bond acceptors (Lipinski definition) is 5. The molecule has 6 nitrogen and oxygen atoms in total. The third-order valence-electron chi connectivity index (χ3n) is 7.26. The molecule has 148 valence electrons. The van der Waals surface area contributed by atoms with Crippen molar-refractivity contribution in [1.29, 1.82) is 0 Å². The van der Waals surface area contributed by atoms with Gasteiger partial charge in [0, 0.05) is 24.9 Å². The first kappa shape index (κ1) is 17.7. The highest BCUT2D eigenvalue weighted by atomic mass is 16.5. The van der Waals surface area contributed by atoms with Gasteiger partial charge in [0.15, 0.2) is 5.78 Å².